The van der Waals surface area contributed by atoms with Crippen molar-refractivity contribution in [3.05, 3.63) is 82.8 Å². The highest BCUT2D eigenvalue weighted by Gasteiger charge is 2.32. The van der Waals surface area contributed by atoms with Crippen molar-refractivity contribution in [3.63, 3.8) is 0 Å². The maximum absolute atomic E-state index is 13.2. The van der Waals surface area contributed by atoms with E-state index in [1.165, 1.54) is 7.11 Å². The second-order valence-corrected chi connectivity index (χ2v) is 8.63. The fraction of sp³-hybridized carbons (Fsp3) is 0.200. The van der Waals surface area contributed by atoms with E-state index in [-0.39, 0.29) is 30.2 Å². The van der Waals surface area contributed by atoms with Crippen molar-refractivity contribution < 1.29 is 23.9 Å². The van der Waals surface area contributed by atoms with Crippen LogP contribution >= 0.6 is 23.8 Å². The number of nitrogens with zero attached hydrogens (tertiary/aromatic N) is 4. The largest absolute Gasteiger partial charge is 0.493 e. The fourth-order valence-electron chi connectivity index (χ4n) is 3.70. The lowest BCUT2D eigenvalue weighted by Gasteiger charge is -2.29. The number of thiocarbonyl (C=S) groups is 1. The van der Waals surface area contributed by atoms with Crippen LogP contribution in [-0.4, -0.2) is 51.0 Å². The number of ether oxygens (including phenoxy) is 2. The van der Waals surface area contributed by atoms with E-state index in [1.807, 2.05) is 0 Å². The fourth-order valence-corrected chi connectivity index (χ4v) is 4.27. The van der Waals surface area contributed by atoms with Crippen molar-refractivity contribution in [2.45, 2.75) is 19.6 Å². The minimum Gasteiger partial charge on any atom is -0.493 e. The maximum atomic E-state index is 13.2. The highest BCUT2D eigenvalue weighted by Crippen LogP contribution is 2.33. The molecule has 13 heteroatoms. The summed E-state index contributed by atoms with van der Waals surface area (Å²) in [6.07, 6.45) is 8.39. The van der Waals surface area contributed by atoms with Crippen LogP contribution in [0.25, 0.3) is 0 Å². The van der Waals surface area contributed by atoms with Crippen LogP contribution in [0.5, 0.6) is 11.5 Å². The molecule has 0 bridgehead atoms. The van der Waals surface area contributed by atoms with E-state index in [2.05, 4.69) is 25.6 Å². The first-order chi connectivity index (χ1) is 18.5. The van der Waals surface area contributed by atoms with Gasteiger partial charge in [-0.3, -0.25) is 24.5 Å². The number of halogens is 1. The summed E-state index contributed by atoms with van der Waals surface area (Å²) in [5.74, 6) is 0.348. The van der Waals surface area contributed by atoms with Gasteiger partial charge in [-0.25, -0.2) is 0 Å². The molecular formula is C25H23ClN6O5S. The molecule has 4 rings (SSSR count). The molecule has 1 aliphatic rings. The molecule has 0 atom stereocenters. The van der Waals surface area contributed by atoms with Crippen LogP contribution in [0, 0.1) is 0 Å². The third kappa shape index (κ3) is 6.33. The molecule has 2 aromatic heterocycles. The van der Waals surface area contributed by atoms with Crippen molar-refractivity contribution in [1.82, 2.24) is 25.3 Å². The number of nitrogens with one attached hydrogen (secondary N) is 2. The van der Waals surface area contributed by atoms with Crippen LogP contribution in [-0.2, 0) is 27.6 Å². The zero-order valence-electron chi connectivity index (χ0n) is 20.2. The third-order valence-electron chi connectivity index (χ3n) is 5.48. The van der Waals surface area contributed by atoms with Gasteiger partial charge in [-0.15, -0.1) is 0 Å². The Morgan fingerprint density at radius 2 is 2.05 bits per heavy atom. The second-order valence-electron chi connectivity index (χ2n) is 7.81. The molecule has 38 heavy (non-hydrogen) atoms. The molecular weight excluding hydrogens is 532 g/mol. The number of benzene rings is 1. The Kier molecular flexibility index (Phi) is 9.01. The van der Waals surface area contributed by atoms with Crippen molar-refractivity contribution in [1.29, 1.82) is 0 Å². The second kappa shape index (κ2) is 12.8. The first-order valence-electron chi connectivity index (χ1n) is 11.4. The molecule has 0 unspecified atom stereocenters. The average Bonchev–Trinajstić information content (AvgIpc) is 2.93. The SMILES string of the molecule is COc1c(Cl)cccc1NC(=S)C1=C(NCc2ccncc2OCc2cnccn2)CCN(OC=O)C1=O. The van der Waals surface area contributed by atoms with Crippen LogP contribution < -0.4 is 20.1 Å². The number of pyridine rings is 1. The molecule has 3 aromatic rings. The molecule has 196 valence electrons. The molecule has 0 saturated heterocycles. The molecule has 0 radical (unpaired) electrons. The standard InChI is InChI=1S/C25H23ClN6O5S/c1-35-23-18(26)3-2-4-20(23)31-24(38)22-19(6-10-32(25(22)34)37-15-33)30-11-16-5-7-27-13-21(16)36-14-17-12-28-8-9-29-17/h2-5,7-9,12-13,15,30H,6,10-11,14H2,1H3,(H,31,38). The van der Waals surface area contributed by atoms with Gasteiger partial charge in [0.25, 0.3) is 5.91 Å². The predicted molar refractivity (Wildman–Crippen MR) is 142 cm³/mol. The first-order valence-corrected chi connectivity index (χ1v) is 12.1. The van der Waals surface area contributed by atoms with Gasteiger partial charge in [-0.1, -0.05) is 29.9 Å². The number of hydroxylamine groups is 2. The van der Waals surface area contributed by atoms with Crippen LogP contribution in [0.1, 0.15) is 17.7 Å². The number of methoxy groups -OCH3 is 1. The molecule has 2 N–H and O–H groups in total. The van der Waals surface area contributed by atoms with Gasteiger partial charge < -0.3 is 24.9 Å². The summed E-state index contributed by atoms with van der Waals surface area (Å²) in [4.78, 5) is 41.5. The quantitative estimate of drug-likeness (QED) is 0.268. The number of rotatable bonds is 11. The van der Waals surface area contributed by atoms with Crippen molar-refractivity contribution in [3.8, 4) is 11.5 Å². The van der Waals surface area contributed by atoms with E-state index in [0.29, 0.717) is 46.6 Å². The summed E-state index contributed by atoms with van der Waals surface area (Å²) in [5, 5.41) is 7.65. The Morgan fingerprint density at radius 1 is 1.21 bits per heavy atom. The average molecular weight is 555 g/mol. The zero-order chi connectivity index (χ0) is 26.9. The summed E-state index contributed by atoms with van der Waals surface area (Å²) in [5.41, 5.74) is 2.65. The number of carbonyl (C=O) groups is 2. The highest BCUT2D eigenvalue weighted by molar-refractivity contribution is 7.81. The minimum atomic E-state index is -0.571. The van der Waals surface area contributed by atoms with Gasteiger partial charge in [0.2, 0.25) is 0 Å². The first kappa shape index (κ1) is 26.8. The van der Waals surface area contributed by atoms with Crippen LogP contribution in [0.3, 0.4) is 0 Å². The number of amides is 1. The van der Waals surface area contributed by atoms with E-state index < -0.39 is 5.91 Å². The molecule has 0 aliphatic carbocycles. The summed E-state index contributed by atoms with van der Waals surface area (Å²) in [6, 6.07) is 6.92. The molecule has 0 fully saturated rings. The Bertz CT molecular complexity index is 1360. The predicted octanol–water partition coefficient (Wildman–Crippen LogP) is 3.22. The molecule has 0 saturated carbocycles. The molecule has 3 heterocycles. The Balaban J connectivity index is 1.57. The van der Waals surface area contributed by atoms with Gasteiger partial charge >= 0.3 is 6.47 Å². The smallest absolute Gasteiger partial charge is 0.320 e. The third-order valence-corrected chi connectivity index (χ3v) is 6.08. The van der Waals surface area contributed by atoms with Crippen LogP contribution in [0.15, 0.2) is 66.5 Å². The van der Waals surface area contributed by atoms with Crippen molar-refractivity contribution in [2.24, 2.45) is 0 Å². The van der Waals surface area contributed by atoms with E-state index >= 15 is 0 Å². The lowest BCUT2D eigenvalue weighted by atomic mass is 10.1. The molecule has 0 spiro atoms. The lowest BCUT2D eigenvalue weighted by Crippen LogP contribution is -2.42. The Morgan fingerprint density at radius 3 is 2.82 bits per heavy atom. The molecule has 1 aliphatic heterocycles. The lowest BCUT2D eigenvalue weighted by molar-refractivity contribution is -0.184. The van der Waals surface area contributed by atoms with Gasteiger partial charge in [0.05, 0.1) is 48.0 Å². The topological polar surface area (TPSA) is 128 Å². The normalized spacial score (nSPS) is 13.1. The summed E-state index contributed by atoms with van der Waals surface area (Å²) in [7, 11) is 1.48. The zero-order valence-corrected chi connectivity index (χ0v) is 21.8. The van der Waals surface area contributed by atoms with Crippen molar-refractivity contribution >= 4 is 46.9 Å². The summed E-state index contributed by atoms with van der Waals surface area (Å²) >= 11 is 11.8. The molecule has 1 aromatic carbocycles. The summed E-state index contributed by atoms with van der Waals surface area (Å²) in [6.45, 7) is 0.871. The number of anilines is 1. The van der Waals surface area contributed by atoms with E-state index in [4.69, 9.17) is 38.1 Å². The van der Waals surface area contributed by atoms with Gasteiger partial charge in [0.15, 0.2) is 5.75 Å². The number of hydrogen-bond acceptors (Lipinski definition) is 10. The molecule has 11 nitrogen and oxygen atoms in total. The van der Waals surface area contributed by atoms with E-state index in [9.17, 15) is 9.59 Å². The highest BCUT2D eigenvalue weighted by atomic mass is 35.5. The van der Waals surface area contributed by atoms with Gasteiger partial charge in [0.1, 0.15) is 17.3 Å². The van der Waals surface area contributed by atoms with Gasteiger partial charge in [0, 0.05) is 42.8 Å². The molecule has 1 amide bonds. The van der Waals surface area contributed by atoms with E-state index in [0.717, 1.165) is 10.6 Å². The van der Waals surface area contributed by atoms with Crippen LogP contribution in [0.2, 0.25) is 5.02 Å². The monoisotopic (exact) mass is 554 g/mol. The minimum absolute atomic E-state index is 0.103. The van der Waals surface area contributed by atoms with Gasteiger partial charge in [-0.2, -0.15) is 5.06 Å². The van der Waals surface area contributed by atoms with Gasteiger partial charge in [-0.05, 0) is 18.2 Å². The summed E-state index contributed by atoms with van der Waals surface area (Å²) < 4.78 is 11.3. The Hall–Kier alpha value is -4.29. The Labute approximate surface area is 228 Å². The van der Waals surface area contributed by atoms with Crippen molar-refractivity contribution in [2.75, 3.05) is 19.0 Å². The van der Waals surface area contributed by atoms with Crippen LogP contribution in [0.4, 0.5) is 5.69 Å². The maximum Gasteiger partial charge on any atom is 0.320 e. The number of para-hydroxylation sites is 1. The number of aromatic nitrogens is 3. The number of carbonyl (C=O) groups excluding carboxylic acids is 2. The van der Waals surface area contributed by atoms with E-state index in [1.54, 1.807) is 55.2 Å². The number of hydrogen-bond donors (Lipinski definition) is 2.